The fourth-order valence-corrected chi connectivity index (χ4v) is 3.28. The number of imidazole rings is 1. The first-order chi connectivity index (χ1) is 14.3. The van der Waals surface area contributed by atoms with E-state index in [9.17, 15) is 18.0 Å². The summed E-state index contributed by atoms with van der Waals surface area (Å²) in [5.41, 5.74) is 2.55. The number of nitrogens with zero attached hydrogens (tertiary/aromatic N) is 2. The Balaban J connectivity index is 1.46. The number of nitrogens with one attached hydrogen (secondary N) is 1. The molecule has 8 heteroatoms. The number of carbonyl (C=O) groups excluding carboxylic acids is 1. The van der Waals surface area contributed by atoms with Crippen molar-refractivity contribution in [2.45, 2.75) is 12.6 Å². The summed E-state index contributed by atoms with van der Waals surface area (Å²) >= 11 is 5.99. The molecule has 0 aliphatic heterocycles. The number of hydrogen-bond acceptors (Lipinski definition) is 2. The molecule has 152 valence electrons. The number of alkyl halides is 3. The number of halogens is 4. The summed E-state index contributed by atoms with van der Waals surface area (Å²) in [6, 6.07) is 15.4. The lowest BCUT2D eigenvalue weighted by atomic mass is 10.1. The number of anilines is 1. The van der Waals surface area contributed by atoms with Gasteiger partial charge in [0.15, 0.2) is 0 Å². The summed E-state index contributed by atoms with van der Waals surface area (Å²) in [5.74, 6) is -0.397. The zero-order valence-corrected chi connectivity index (χ0v) is 16.2. The van der Waals surface area contributed by atoms with E-state index >= 15 is 0 Å². The molecule has 2 aromatic carbocycles. The molecule has 0 radical (unpaired) electrons. The van der Waals surface area contributed by atoms with E-state index in [1.54, 1.807) is 30.5 Å². The molecule has 0 fully saturated rings. The predicted molar refractivity (Wildman–Crippen MR) is 109 cm³/mol. The average Bonchev–Trinajstić information content (AvgIpc) is 3.11. The topological polar surface area (TPSA) is 46.4 Å². The highest BCUT2D eigenvalue weighted by Gasteiger charge is 2.30. The third kappa shape index (κ3) is 4.31. The van der Waals surface area contributed by atoms with Crippen molar-refractivity contribution < 1.29 is 18.0 Å². The summed E-state index contributed by atoms with van der Waals surface area (Å²) in [6.45, 7) is 0. The van der Waals surface area contributed by atoms with E-state index in [4.69, 9.17) is 11.6 Å². The summed E-state index contributed by atoms with van der Waals surface area (Å²) in [7, 11) is 0. The summed E-state index contributed by atoms with van der Waals surface area (Å²) < 4.78 is 40.3. The Kier molecular flexibility index (Phi) is 5.22. The van der Waals surface area contributed by atoms with Crippen LogP contribution in [0.1, 0.15) is 11.1 Å². The molecule has 1 amide bonds. The molecular formula is C22H15ClF3N3O. The fourth-order valence-electron chi connectivity index (χ4n) is 3.13. The van der Waals surface area contributed by atoms with E-state index in [0.29, 0.717) is 5.02 Å². The highest BCUT2D eigenvalue weighted by molar-refractivity contribution is 6.30. The monoisotopic (exact) mass is 429 g/mol. The molecule has 2 heterocycles. The highest BCUT2D eigenvalue weighted by Crippen LogP contribution is 2.30. The van der Waals surface area contributed by atoms with Crippen molar-refractivity contribution in [3.63, 3.8) is 0 Å². The predicted octanol–water partition coefficient (Wildman–Crippen LogP) is 5.85. The standard InChI is InChI=1S/C22H15ClF3N3O/c23-17-8-9-29-19(13-27-20(29)12-17)15-6-4-14(5-7-15)10-21(30)28-18-3-1-2-16(11-18)22(24,25)26/h1-9,11-13H,10H2,(H,28,30). The van der Waals surface area contributed by atoms with Gasteiger partial charge in [-0.05, 0) is 29.8 Å². The molecule has 4 nitrogen and oxygen atoms in total. The van der Waals surface area contributed by atoms with Crippen molar-refractivity contribution in [3.8, 4) is 11.3 Å². The fraction of sp³-hybridized carbons (Fsp3) is 0.0909. The van der Waals surface area contributed by atoms with Gasteiger partial charge in [-0.2, -0.15) is 13.2 Å². The molecule has 30 heavy (non-hydrogen) atoms. The molecule has 0 saturated carbocycles. The van der Waals surface area contributed by atoms with Crippen LogP contribution in [0.5, 0.6) is 0 Å². The van der Waals surface area contributed by atoms with Crippen LogP contribution in [0.25, 0.3) is 16.9 Å². The molecule has 0 aliphatic carbocycles. The third-order valence-electron chi connectivity index (χ3n) is 4.56. The van der Waals surface area contributed by atoms with Crippen molar-refractivity contribution in [3.05, 3.63) is 89.2 Å². The molecule has 0 bridgehead atoms. The smallest absolute Gasteiger partial charge is 0.326 e. The lowest BCUT2D eigenvalue weighted by molar-refractivity contribution is -0.137. The van der Waals surface area contributed by atoms with Gasteiger partial charge in [0, 0.05) is 28.5 Å². The Bertz CT molecular complexity index is 1220. The van der Waals surface area contributed by atoms with Gasteiger partial charge in [-0.15, -0.1) is 0 Å². The molecule has 1 N–H and O–H groups in total. The van der Waals surface area contributed by atoms with E-state index in [1.807, 2.05) is 22.7 Å². The summed E-state index contributed by atoms with van der Waals surface area (Å²) in [6.07, 6.45) is -0.851. The van der Waals surface area contributed by atoms with Crippen LogP contribution in [0, 0.1) is 0 Å². The first-order valence-electron chi connectivity index (χ1n) is 8.99. The van der Waals surface area contributed by atoms with Crippen LogP contribution < -0.4 is 5.32 Å². The number of rotatable bonds is 4. The van der Waals surface area contributed by atoms with Crippen molar-refractivity contribution in [2.75, 3.05) is 5.32 Å². The maximum Gasteiger partial charge on any atom is 0.416 e. The van der Waals surface area contributed by atoms with Crippen LogP contribution >= 0.6 is 11.6 Å². The zero-order valence-electron chi connectivity index (χ0n) is 15.4. The van der Waals surface area contributed by atoms with Crippen LogP contribution in [0.2, 0.25) is 5.02 Å². The van der Waals surface area contributed by atoms with E-state index in [2.05, 4.69) is 10.3 Å². The van der Waals surface area contributed by atoms with Gasteiger partial charge in [0.1, 0.15) is 5.65 Å². The quantitative estimate of drug-likeness (QED) is 0.442. The minimum Gasteiger partial charge on any atom is -0.326 e. The average molecular weight is 430 g/mol. The van der Waals surface area contributed by atoms with Crippen LogP contribution in [-0.2, 0) is 17.4 Å². The normalized spacial score (nSPS) is 11.6. The number of fused-ring (bicyclic) bond motifs is 1. The van der Waals surface area contributed by atoms with Gasteiger partial charge in [0.25, 0.3) is 0 Å². The number of hydrogen-bond donors (Lipinski definition) is 1. The van der Waals surface area contributed by atoms with Crippen molar-refractivity contribution in [1.82, 2.24) is 9.38 Å². The van der Waals surface area contributed by atoms with Gasteiger partial charge in [-0.1, -0.05) is 41.9 Å². The Morgan fingerprint density at radius 3 is 2.57 bits per heavy atom. The molecule has 4 rings (SSSR count). The summed E-state index contributed by atoms with van der Waals surface area (Å²) in [5, 5.41) is 3.11. The third-order valence-corrected chi connectivity index (χ3v) is 4.80. The van der Waals surface area contributed by atoms with Gasteiger partial charge in [-0.25, -0.2) is 4.98 Å². The molecule has 2 aromatic heterocycles. The van der Waals surface area contributed by atoms with E-state index in [1.165, 1.54) is 12.1 Å². The van der Waals surface area contributed by atoms with E-state index < -0.39 is 17.6 Å². The maximum atomic E-state index is 12.8. The maximum absolute atomic E-state index is 12.8. The largest absolute Gasteiger partial charge is 0.416 e. The second-order valence-corrected chi connectivity index (χ2v) is 7.15. The molecular weight excluding hydrogens is 415 g/mol. The van der Waals surface area contributed by atoms with Gasteiger partial charge >= 0.3 is 6.18 Å². The Morgan fingerprint density at radius 2 is 1.83 bits per heavy atom. The minimum absolute atomic E-state index is 0.0410. The lowest BCUT2D eigenvalue weighted by Gasteiger charge is -2.10. The molecule has 0 unspecified atom stereocenters. The number of pyridine rings is 1. The molecule has 0 aliphatic rings. The van der Waals surface area contributed by atoms with Crippen LogP contribution in [0.15, 0.2) is 73.1 Å². The van der Waals surface area contributed by atoms with Gasteiger partial charge in [-0.3, -0.25) is 9.20 Å². The molecule has 0 spiro atoms. The summed E-state index contributed by atoms with van der Waals surface area (Å²) in [4.78, 5) is 16.6. The van der Waals surface area contributed by atoms with Gasteiger partial charge < -0.3 is 5.32 Å². The van der Waals surface area contributed by atoms with Crippen LogP contribution in [-0.4, -0.2) is 15.3 Å². The first kappa shape index (κ1) is 20.0. The number of benzene rings is 2. The van der Waals surface area contributed by atoms with Gasteiger partial charge in [0.2, 0.25) is 5.91 Å². The minimum atomic E-state index is -4.46. The van der Waals surface area contributed by atoms with Gasteiger partial charge in [0.05, 0.1) is 23.9 Å². The number of aromatic nitrogens is 2. The first-order valence-corrected chi connectivity index (χ1v) is 9.36. The number of amides is 1. The van der Waals surface area contributed by atoms with Crippen molar-refractivity contribution in [2.24, 2.45) is 0 Å². The second kappa shape index (κ2) is 7.84. The Labute approximate surface area is 174 Å². The second-order valence-electron chi connectivity index (χ2n) is 6.72. The van der Waals surface area contributed by atoms with Crippen LogP contribution in [0.4, 0.5) is 18.9 Å². The highest BCUT2D eigenvalue weighted by atomic mass is 35.5. The number of carbonyl (C=O) groups is 1. The van der Waals surface area contributed by atoms with E-state index in [-0.39, 0.29) is 12.1 Å². The van der Waals surface area contributed by atoms with Crippen molar-refractivity contribution >= 4 is 28.8 Å². The zero-order chi connectivity index (χ0) is 21.3. The van der Waals surface area contributed by atoms with E-state index in [0.717, 1.165) is 34.6 Å². The van der Waals surface area contributed by atoms with Crippen molar-refractivity contribution in [1.29, 1.82) is 0 Å². The Hall–Kier alpha value is -3.32. The molecule has 4 aromatic rings. The molecule has 0 saturated heterocycles. The Morgan fingerprint density at radius 1 is 1.07 bits per heavy atom. The SMILES string of the molecule is O=C(Cc1ccc(-c2cnc3cc(Cl)ccn23)cc1)Nc1cccc(C(F)(F)F)c1. The van der Waals surface area contributed by atoms with Crippen LogP contribution in [0.3, 0.4) is 0 Å². The molecule has 0 atom stereocenters. The lowest BCUT2D eigenvalue weighted by Crippen LogP contribution is -2.15.